The second-order valence-electron chi connectivity index (χ2n) is 5.29. The fourth-order valence-corrected chi connectivity index (χ4v) is 2.17. The van der Waals surface area contributed by atoms with E-state index in [9.17, 15) is 0 Å². The van der Waals surface area contributed by atoms with Crippen LogP contribution in [0.4, 0.5) is 0 Å². The number of rotatable bonds is 2. The van der Waals surface area contributed by atoms with Gasteiger partial charge in [0.1, 0.15) is 0 Å². The van der Waals surface area contributed by atoms with E-state index < -0.39 is 0 Å². The molecule has 2 rings (SSSR count). The molecule has 0 amide bonds. The van der Waals surface area contributed by atoms with E-state index in [1.165, 1.54) is 22.3 Å². The Bertz CT molecular complexity index is 622. The lowest BCUT2D eigenvalue weighted by atomic mass is 10.0. The van der Waals surface area contributed by atoms with Gasteiger partial charge in [0, 0.05) is 5.02 Å². The maximum Gasteiger partial charge on any atom is 0.0412 e. The van der Waals surface area contributed by atoms with Crippen LogP contribution in [0.25, 0.3) is 5.57 Å². The van der Waals surface area contributed by atoms with Crippen LogP contribution in [0.15, 0.2) is 66.8 Å². The van der Waals surface area contributed by atoms with Crippen LogP contribution in [0, 0.1) is 13.8 Å². The van der Waals surface area contributed by atoms with Gasteiger partial charge in [0.2, 0.25) is 0 Å². The molecule has 21 heavy (non-hydrogen) atoms. The molecule has 0 unspecified atom stereocenters. The lowest BCUT2D eigenvalue weighted by Crippen LogP contribution is -1.85. The molecule has 0 aliphatic carbocycles. The van der Waals surface area contributed by atoms with E-state index in [1.807, 2.05) is 43.3 Å². The zero-order valence-corrected chi connectivity index (χ0v) is 14.0. The number of hydrogen-bond acceptors (Lipinski definition) is 0. The maximum atomic E-state index is 5.95. The molecule has 0 atom stereocenters. The predicted molar refractivity (Wildman–Crippen MR) is 95.8 cm³/mol. The molecule has 0 aromatic heterocycles. The Hall–Kier alpha value is -1.79. The molecule has 0 spiro atoms. The van der Waals surface area contributed by atoms with Gasteiger partial charge in [-0.15, -0.1) is 0 Å². The van der Waals surface area contributed by atoms with Gasteiger partial charge in [0.15, 0.2) is 0 Å². The van der Waals surface area contributed by atoms with E-state index in [0.29, 0.717) is 0 Å². The first kappa shape index (κ1) is 17.3. The molecule has 1 heteroatoms. The van der Waals surface area contributed by atoms with Crippen molar-refractivity contribution in [3.05, 3.63) is 88.5 Å². The van der Waals surface area contributed by atoms with Crippen LogP contribution in [-0.4, -0.2) is 0 Å². The first-order valence-corrected chi connectivity index (χ1v) is 7.40. The maximum absolute atomic E-state index is 5.95. The lowest BCUT2D eigenvalue weighted by Gasteiger charge is -2.06. The molecular weight excluding hydrogens is 276 g/mol. The molecule has 0 saturated heterocycles. The normalized spacial score (nSPS) is 10.6. The Balaban J connectivity index is 0.000000262. The Morgan fingerprint density at radius 2 is 1.62 bits per heavy atom. The van der Waals surface area contributed by atoms with Crippen molar-refractivity contribution in [2.24, 2.45) is 0 Å². The first-order valence-electron chi connectivity index (χ1n) is 7.02. The van der Waals surface area contributed by atoms with Gasteiger partial charge in [0.05, 0.1) is 0 Å². The minimum atomic E-state index is 0.778. The van der Waals surface area contributed by atoms with E-state index in [-0.39, 0.29) is 0 Å². The summed E-state index contributed by atoms with van der Waals surface area (Å²) in [5, 5.41) is 0.778. The molecule has 0 aliphatic heterocycles. The van der Waals surface area contributed by atoms with E-state index >= 15 is 0 Å². The summed E-state index contributed by atoms with van der Waals surface area (Å²) in [5.41, 5.74) is 6.02. The molecule has 0 N–H and O–H groups in total. The van der Waals surface area contributed by atoms with Crippen LogP contribution in [0.2, 0.25) is 5.02 Å². The highest BCUT2D eigenvalue weighted by Gasteiger charge is 2.01. The molecule has 0 nitrogen and oxygen atoms in total. The second kappa shape index (κ2) is 8.49. The quantitative estimate of drug-likeness (QED) is 0.546. The summed E-state index contributed by atoms with van der Waals surface area (Å²) in [4.78, 5) is 0. The summed E-state index contributed by atoms with van der Waals surface area (Å²) in [5.74, 6) is 0. The molecule has 0 saturated carbocycles. The fourth-order valence-electron chi connectivity index (χ4n) is 2.00. The standard InChI is InChI=1S/C13H15Cl.C7H8/c1-9(2)7-11(4)13-8-12(14)6-5-10(13)3;1-7-5-3-2-4-6-7/h5-8H,1H2,2-4H3;2-6H,1H3/b11-7+;. The highest BCUT2D eigenvalue weighted by atomic mass is 35.5. The van der Waals surface area contributed by atoms with E-state index in [0.717, 1.165) is 10.6 Å². The van der Waals surface area contributed by atoms with Crippen molar-refractivity contribution in [2.45, 2.75) is 27.7 Å². The lowest BCUT2D eigenvalue weighted by molar-refractivity contribution is 1.40. The summed E-state index contributed by atoms with van der Waals surface area (Å²) in [6.07, 6.45) is 2.07. The fraction of sp³-hybridized carbons (Fsp3) is 0.200. The molecule has 0 radical (unpaired) electrons. The van der Waals surface area contributed by atoms with Gasteiger partial charge in [-0.25, -0.2) is 0 Å². The number of allylic oxidation sites excluding steroid dienone is 3. The molecule has 110 valence electrons. The van der Waals surface area contributed by atoms with Gasteiger partial charge in [0.25, 0.3) is 0 Å². The van der Waals surface area contributed by atoms with E-state index in [1.54, 1.807) is 0 Å². The molecular formula is C20H23Cl. The van der Waals surface area contributed by atoms with Crippen LogP contribution in [0.5, 0.6) is 0 Å². The Morgan fingerprint density at radius 1 is 1.00 bits per heavy atom. The van der Waals surface area contributed by atoms with Crippen molar-refractivity contribution in [3.8, 4) is 0 Å². The van der Waals surface area contributed by atoms with Crippen molar-refractivity contribution in [3.63, 3.8) is 0 Å². The second-order valence-corrected chi connectivity index (χ2v) is 5.72. The summed E-state index contributed by atoms with van der Waals surface area (Å²) >= 11 is 5.95. The predicted octanol–water partition coefficient (Wildman–Crippen LogP) is 6.62. The zero-order valence-electron chi connectivity index (χ0n) is 13.3. The number of aryl methyl sites for hydroxylation is 2. The topological polar surface area (TPSA) is 0 Å². The van der Waals surface area contributed by atoms with Crippen LogP contribution in [-0.2, 0) is 0 Å². The van der Waals surface area contributed by atoms with Crippen molar-refractivity contribution < 1.29 is 0 Å². The third-order valence-corrected chi connectivity index (χ3v) is 3.26. The molecule has 2 aromatic rings. The highest BCUT2D eigenvalue weighted by molar-refractivity contribution is 6.30. The minimum absolute atomic E-state index is 0.778. The van der Waals surface area contributed by atoms with Crippen molar-refractivity contribution in [2.75, 3.05) is 0 Å². The summed E-state index contributed by atoms with van der Waals surface area (Å²) in [6.45, 7) is 12.1. The summed E-state index contributed by atoms with van der Waals surface area (Å²) in [7, 11) is 0. The number of benzene rings is 2. The van der Waals surface area contributed by atoms with Crippen LogP contribution >= 0.6 is 11.6 Å². The molecule has 2 aromatic carbocycles. The van der Waals surface area contributed by atoms with Crippen LogP contribution in [0.1, 0.15) is 30.5 Å². The summed E-state index contributed by atoms with van der Waals surface area (Å²) < 4.78 is 0. The molecule has 0 heterocycles. The number of halogens is 1. The monoisotopic (exact) mass is 298 g/mol. The van der Waals surface area contributed by atoms with E-state index in [4.69, 9.17) is 11.6 Å². The molecule has 0 bridgehead atoms. The smallest absolute Gasteiger partial charge is 0.0412 e. The average Bonchev–Trinajstić information content (AvgIpc) is 2.42. The SMILES string of the molecule is C=C(C)/C=C(\C)c1cc(Cl)ccc1C.Cc1ccccc1. The van der Waals surface area contributed by atoms with Crippen molar-refractivity contribution in [1.82, 2.24) is 0 Å². The highest BCUT2D eigenvalue weighted by Crippen LogP contribution is 2.23. The van der Waals surface area contributed by atoms with Gasteiger partial charge in [-0.2, -0.15) is 0 Å². The van der Waals surface area contributed by atoms with E-state index in [2.05, 4.69) is 45.6 Å². The molecule has 0 aliphatic rings. The Morgan fingerprint density at radius 3 is 2.10 bits per heavy atom. The van der Waals surface area contributed by atoms with Gasteiger partial charge >= 0.3 is 0 Å². The van der Waals surface area contributed by atoms with Crippen LogP contribution in [0.3, 0.4) is 0 Å². The first-order chi connectivity index (χ1) is 9.90. The van der Waals surface area contributed by atoms with Gasteiger partial charge in [-0.05, 0) is 56.5 Å². The van der Waals surface area contributed by atoms with Crippen molar-refractivity contribution in [1.29, 1.82) is 0 Å². The average molecular weight is 299 g/mol. The number of hydrogen-bond donors (Lipinski definition) is 0. The van der Waals surface area contributed by atoms with Crippen LogP contribution < -0.4 is 0 Å². The van der Waals surface area contributed by atoms with Crippen molar-refractivity contribution >= 4 is 17.2 Å². The Kier molecular flexibility index (Phi) is 6.98. The summed E-state index contributed by atoms with van der Waals surface area (Å²) in [6, 6.07) is 16.2. The third-order valence-electron chi connectivity index (χ3n) is 3.03. The van der Waals surface area contributed by atoms with Gasteiger partial charge in [-0.1, -0.05) is 71.8 Å². The largest absolute Gasteiger partial charge is 0.0961 e. The van der Waals surface area contributed by atoms with Gasteiger partial charge in [-0.3, -0.25) is 0 Å². The zero-order chi connectivity index (χ0) is 15.8. The minimum Gasteiger partial charge on any atom is -0.0961 e. The molecule has 0 fully saturated rings. The van der Waals surface area contributed by atoms with Gasteiger partial charge < -0.3 is 0 Å². The Labute approximate surface area is 133 Å². The third kappa shape index (κ3) is 6.46.